The third-order valence-electron chi connectivity index (χ3n) is 7.41. The van der Waals surface area contributed by atoms with E-state index < -0.39 is 5.60 Å². The number of fused-ring (bicyclic) bond motifs is 4. The van der Waals surface area contributed by atoms with E-state index in [1.807, 2.05) is 30.3 Å². The first kappa shape index (κ1) is 28.4. The maximum Gasteiger partial charge on any atom is 0.196 e. The van der Waals surface area contributed by atoms with E-state index in [2.05, 4.69) is 0 Å². The van der Waals surface area contributed by atoms with Gasteiger partial charge in [0, 0.05) is 38.4 Å². The Kier molecular flexibility index (Phi) is 7.30. The monoisotopic (exact) mass is 630 g/mol. The summed E-state index contributed by atoms with van der Waals surface area (Å²) in [6.07, 6.45) is 0. The Labute approximate surface area is 261 Å². The van der Waals surface area contributed by atoms with Gasteiger partial charge >= 0.3 is 0 Å². The number of carbonyl (C=O) groups is 3. The summed E-state index contributed by atoms with van der Waals surface area (Å²) >= 11 is 24.7. The largest absolute Gasteiger partial charge is 0.376 e. The van der Waals surface area contributed by atoms with E-state index in [0.717, 1.165) is 0 Å². The van der Waals surface area contributed by atoms with Crippen molar-refractivity contribution >= 4 is 63.8 Å². The summed E-state index contributed by atoms with van der Waals surface area (Å²) in [5.74, 6) is -0.742. The van der Waals surface area contributed by atoms with Crippen LogP contribution >= 0.6 is 46.4 Å². The number of aliphatic hydroxyl groups is 1. The molecule has 0 aliphatic heterocycles. The van der Waals surface area contributed by atoms with Crippen LogP contribution in [0.5, 0.6) is 0 Å². The van der Waals surface area contributed by atoms with Crippen molar-refractivity contribution in [2.45, 2.75) is 5.60 Å². The zero-order valence-corrected chi connectivity index (χ0v) is 24.5. The van der Waals surface area contributed by atoms with Gasteiger partial charge in [0.2, 0.25) is 0 Å². The highest BCUT2D eigenvalue weighted by Gasteiger charge is 2.45. The molecule has 1 atom stereocenters. The Morgan fingerprint density at radius 3 is 1.43 bits per heavy atom. The molecule has 0 saturated heterocycles. The number of hydrogen-bond acceptors (Lipinski definition) is 4. The molecule has 5 aromatic rings. The Balaban J connectivity index is 0.000000157. The lowest BCUT2D eigenvalue weighted by Crippen LogP contribution is -2.37. The lowest BCUT2D eigenvalue weighted by atomic mass is 9.71. The third kappa shape index (κ3) is 4.30. The minimum Gasteiger partial charge on any atom is -0.376 e. The van der Waals surface area contributed by atoms with Crippen molar-refractivity contribution in [1.82, 2.24) is 0 Å². The fourth-order valence-electron chi connectivity index (χ4n) is 5.54. The first-order valence-corrected chi connectivity index (χ1v) is 14.2. The van der Waals surface area contributed by atoms with Crippen LogP contribution in [0.25, 0.3) is 0 Å². The van der Waals surface area contributed by atoms with E-state index in [4.69, 9.17) is 46.4 Å². The molecule has 0 radical (unpaired) electrons. The zero-order valence-electron chi connectivity index (χ0n) is 21.5. The van der Waals surface area contributed by atoms with Crippen molar-refractivity contribution in [3.05, 3.63) is 173 Å². The van der Waals surface area contributed by atoms with Crippen molar-refractivity contribution in [3.63, 3.8) is 0 Å². The van der Waals surface area contributed by atoms with Gasteiger partial charge in [0.15, 0.2) is 17.3 Å². The molecule has 4 nitrogen and oxygen atoms in total. The van der Waals surface area contributed by atoms with Gasteiger partial charge in [0.05, 0.1) is 26.2 Å². The molecular formula is C34H18Cl4O4. The molecule has 0 aromatic heterocycles. The highest BCUT2D eigenvalue weighted by Crippen LogP contribution is 2.48. The Bertz CT molecular complexity index is 1890. The fourth-order valence-corrected chi connectivity index (χ4v) is 6.64. The first-order valence-electron chi connectivity index (χ1n) is 12.7. The van der Waals surface area contributed by atoms with Gasteiger partial charge in [-0.25, -0.2) is 0 Å². The van der Waals surface area contributed by atoms with Gasteiger partial charge in [-0.1, -0.05) is 125 Å². The standard InChI is InChI=1S/C20H12Cl2O2.C14H6Cl2O2/c21-15-10-5-9-14-17(15)19(23)13-8-4-11-16(22)18(13)20(14,24)12-6-2-1-3-7-12;15-9-5-1-3-7-11(9)14(18)8-4-2-6-10(16)12(8)13(7)17/h1-11,24H;1-6H. The second-order valence-corrected chi connectivity index (χ2v) is 11.3. The number of ketones is 3. The SMILES string of the molecule is O=C1c2cccc(Cl)c2C(=O)c2cccc(Cl)c21.O=C1c2cccc(Cl)c2C(O)(c2ccccc2)c2cccc(Cl)c21. The number of carbonyl (C=O) groups excluding carboxylic acids is 3. The molecular weight excluding hydrogens is 614 g/mol. The van der Waals surface area contributed by atoms with E-state index >= 15 is 0 Å². The normalized spacial score (nSPS) is 16.5. The minimum absolute atomic E-state index is 0.228. The second-order valence-electron chi connectivity index (χ2n) is 9.71. The number of benzene rings is 5. The molecule has 0 bridgehead atoms. The maximum atomic E-state index is 12.9. The van der Waals surface area contributed by atoms with Gasteiger partial charge in [-0.05, 0) is 29.8 Å². The number of halogens is 4. The Morgan fingerprint density at radius 1 is 0.452 bits per heavy atom. The Hall–Kier alpha value is -3.77. The van der Waals surface area contributed by atoms with E-state index in [1.54, 1.807) is 72.8 Å². The second kappa shape index (κ2) is 10.8. The molecule has 0 saturated carbocycles. The van der Waals surface area contributed by atoms with E-state index in [0.29, 0.717) is 49.0 Å². The van der Waals surface area contributed by atoms with Crippen molar-refractivity contribution in [1.29, 1.82) is 0 Å². The van der Waals surface area contributed by atoms with Crippen molar-refractivity contribution < 1.29 is 19.5 Å². The number of hydrogen-bond donors (Lipinski definition) is 1. The fraction of sp³-hybridized carbons (Fsp3) is 0.0294. The molecule has 0 amide bonds. The third-order valence-corrected chi connectivity index (χ3v) is 8.67. The van der Waals surface area contributed by atoms with Crippen LogP contribution in [-0.4, -0.2) is 22.5 Å². The molecule has 0 fully saturated rings. The topological polar surface area (TPSA) is 71.4 Å². The van der Waals surface area contributed by atoms with Crippen LogP contribution in [0.1, 0.15) is 64.5 Å². The number of rotatable bonds is 1. The predicted molar refractivity (Wildman–Crippen MR) is 165 cm³/mol. The van der Waals surface area contributed by atoms with Crippen molar-refractivity contribution in [2.75, 3.05) is 0 Å². The molecule has 1 N–H and O–H groups in total. The van der Waals surface area contributed by atoms with Gasteiger partial charge in [0.1, 0.15) is 5.60 Å². The van der Waals surface area contributed by atoms with Crippen LogP contribution in [0.4, 0.5) is 0 Å². The van der Waals surface area contributed by atoms with Crippen LogP contribution in [0.2, 0.25) is 20.1 Å². The Morgan fingerprint density at radius 2 is 0.881 bits per heavy atom. The summed E-state index contributed by atoms with van der Waals surface area (Å²) in [6.45, 7) is 0. The summed E-state index contributed by atoms with van der Waals surface area (Å²) in [4.78, 5) is 37.6. The summed E-state index contributed by atoms with van der Waals surface area (Å²) in [5.41, 5.74) is 1.79. The summed E-state index contributed by atoms with van der Waals surface area (Å²) < 4.78 is 0. The molecule has 206 valence electrons. The zero-order chi connectivity index (χ0) is 29.8. The van der Waals surface area contributed by atoms with Gasteiger partial charge in [-0.3, -0.25) is 14.4 Å². The highest BCUT2D eigenvalue weighted by atomic mass is 35.5. The quantitative estimate of drug-likeness (QED) is 0.197. The predicted octanol–water partition coefficient (Wildman–Crippen LogP) is 8.59. The highest BCUT2D eigenvalue weighted by molar-refractivity contribution is 6.42. The summed E-state index contributed by atoms with van der Waals surface area (Å²) in [7, 11) is 0. The van der Waals surface area contributed by atoms with Gasteiger partial charge in [-0.15, -0.1) is 0 Å². The summed E-state index contributed by atoms with van der Waals surface area (Å²) in [5, 5.41) is 13.0. The maximum absolute atomic E-state index is 12.9. The molecule has 0 heterocycles. The minimum atomic E-state index is -1.54. The molecule has 1 unspecified atom stereocenters. The van der Waals surface area contributed by atoms with Crippen LogP contribution in [0.3, 0.4) is 0 Å². The van der Waals surface area contributed by atoms with Gasteiger partial charge in [0.25, 0.3) is 0 Å². The van der Waals surface area contributed by atoms with Crippen LogP contribution in [-0.2, 0) is 5.60 Å². The van der Waals surface area contributed by atoms with Crippen molar-refractivity contribution in [3.8, 4) is 0 Å². The van der Waals surface area contributed by atoms with E-state index in [1.165, 1.54) is 0 Å². The van der Waals surface area contributed by atoms with Crippen LogP contribution in [0, 0.1) is 0 Å². The summed E-state index contributed by atoms with van der Waals surface area (Å²) in [6, 6.07) is 29.0. The van der Waals surface area contributed by atoms with Crippen LogP contribution in [0.15, 0.2) is 103 Å². The lowest BCUT2D eigenvalue weighted by Gasteiger charge is -2.37. The molecule has 8 heteroatoms. The molecule has 42 heavy (non-hydrogen) atoms. The lowest BCUT2D eigenvalue weighted by molar-refractivity contribution is 0.0950. The van der Waals surface area contributed by atoms with Crippen LogP contribution < -0.4 is 0 Å². The van der Waals surface area contributed by atoms with E-state index in [-0.39, 0.29) is 38.5 Å². The molecule has 7 rings (SSSR count). The van der Waals surface area contributed by atoms with Gasteiger partial charge in [-0.2, -0.15) is 0 Å². The first-order chi connectivity index (χ1) is 20.2. The molecule has 5 aromatic carbocycles. The van der Waals surface area contributed by atoms with E-state index in [9.17, 15) is 19.5 Å². The average Bonchev–Trinajstić information content (AvgIpc) is 2.99. The average molecular weight is 632 g/mol. The molecule has 2 aliphatic rings. The van der Waals surface area contributed by atoms with Crippen molar-refractivity contribution in [2.24, 2.45) is 0 Å². The van der Waals surface area contributed by atoms with Gasteiger partial charge < -0.3 is 5.11 Å². The molecule has 2 aliphatic carbocycles. The molecule has 0 spiro atoms. The smallest absolute Gasteiger partial charge is 0.196 e.